The molecule has 2 aliphatic heterocycles. The van der Waals surface area contributed by atoms with Crippen LogP contribution in [-0.4, -0.2) is 36.6 Å². The largest absolute Gasteiger partial charge is 0.416 e. The zero-order valence-corrected chi connectivity index (χ0v) is 19.4. The summed E-state index contributed by atoms with van der Waals surface area (Å²) in [6, 6.07) is 17.5. The first kappa shape index (κ1) is 23.2. The number of rotatable bonds is 4. The molecule has 1 N–H and O–H groups in total. The lowest BCUT2D eigenvalue weighted by Crippen LogP contribution is -2.61. The smallest absolute Gasteiger partial charge is 0.368 e. The molecule has 0 saturated carbocycles. The van der Waals surface area contributed by atoms with E-state index in [0.717, 1.165) is 29.7 Å². The molecule has 182 valence electrons. The first-order valence-corrected chi connectivity index (χ1v) is 11.8. The van der Waals surface area contributed by atoms with Crippen LogP contribution in [0.4, 0.5) is 24.5 Å². The lowest BCUT2D eigenvalue weighted by atomic mass is 9.82. The number of fused-ring (bicyclic) bond motifs is 3. The Kier molecular flexibility index (Phi) is 6.13. The minimum Gasteiger partial charge on any atom is -0.368 e. The molecule has 2 aliphatic rings. The first-order valence-electron chi connectivity index (χ1n) is 11.8. The summed E-state index contributed by atoms with van der Waals surface area (Å²) >= 11 is 0. The van der Waals surface area contributed by atoms with E-state index in [2.05, 4.69) is 44.4 Å². The van der Waals surface area contributed by atoms with Gasteiger partial charge in [0.15, 0.2) is 0 Å². The second kappa shape index (κ2) is 9.24. The number of nitrogens with one attached hydrogen (secondary N) is 1. The fraction of sp³-hybridized carbons (Fsp3) is 0.333. The minimum absolute atomic E-state index is 0.155. The molecule has 8 heteroatoms. The highest BCUT2D eigenvalue weighted by Gasteiger charge is 2.42. The normalized spacial score (nSPS) is 19.7. The van der Waals surface area contributed by atoms with Crippen molar-refractivity contribution in [2.75, 3.05) is 29.4 Å². The van der Waals surface area contributed by atoms with E-state index >= 15 is 0 Å². The van der Waals surface area contributed by atoms with E-state index in [1.54, 1.807) is 18.3 Å². The molecule has 5 nitrogen and oxygen atoms in total. The molecule has 2 atom stereocenters. The summed E-state index contributed by atoms with van der Waals surface area (Å²) in [4.78, 5) is 22.0. The van der Waals surface area contributed by atoms with E-state index in [9.17, 15) is 18.0 Å². The van der Waals surface area contributed by atoms with Crippen molar-refractivity contribution < 1.29 is 18.0 Å². The van der Waals surface area contributed by atoms with Crippen LogP contribution in [0, 0.1) is 12.8 Å². The van der Waals surface area contributed by atoms with Crippen LogP contribution in [0.15, 0.2) is 66.9 Å². The average Bonchev–Trinajstić information content (AvgIpc) is 2.86. The van der Waals surface area contributed by atoms with Gasteiger partial charge in [-0.3, -0.25) is 9.78 Å². The van der Waals surface area contributed by atoms with Crippen molar-refractivity contribution in [3.05, 3.63) is 89.2 Å². The number of nitrogens with zero attached hydrogens (tertiary/aromatic N) is 3. The van der Waals surface area contributed by atoms with Crippen LogP contribution in [0.1, 0.15) is 22.4 Å². The van der Waals surface area contributed by atoms with Crippen molar-refractivity contribution in [2.24, 2.45) is 5.92 Å². The summed E-state index contributed by atoms with van der Waals surface area (Å²) in [6.45, 7) is 4.28. The maximum atomic E-state index is 13.4. The third-order valence-electron chi connectivity index (χ3n) is 6.94. The summed E-state index contributed by atoms with van der Waals surface area (Å²) < 4.78 is 40.2. The Labute approximate surface area is 202 Å². The van der Waals surface area contributed by atoms with E-state index in [0.29, 0.717) is 18.7 Å². The first-order chi connectivity index (χ1) is 16.8. The molecule has 0 radical (unpaired) electrons. The number of pyridine rings is 1. The number of amides is 1. The predicted molar refractivity (Wildman–Crippen MR) is 129 cm³/mol. The number of halogens is 3. The van der Waals surface area contributed by atoms with Crippen molar-refractivity contribution in [1.29, 1.82) is 0 Å². The molecule has 1 aromatic heterocycles. The number of carbonyl (C=O) groups is 1. The predicted octanol–water partition coefficient (Wildman–Crippen LogP) is 4.59. The number of anilines is 2. The lowest BCUT2D eigenvalue weighted by Gasteiger charge is -2.49. The highest BCUT2D eigenvalue weighted by atomic mass is 19.4. The SMILES string of the molecule is Cc1ccc(N2CCN3c4ccc(C(F)(F)F)cc4C[C@H](C(=O)NCc4ccccn4)[C@H]3C2)cc1. The van der Waals surface area contributed by atoms with Gasteiger partial charge in [0.1, 0.15) is 0 Å². The van der Waals surface area contributed by atoms with E-state index < -0.39 is 17.7 Å². The maximum absolute atomic E-state index is 13.4. The van der Waals surface area contributed by atoms with Crippen LogP contribution in [0.2, 0.25) is 0 Å². The average molecular weight is 481 g/mol. The Morgan fingerprint density at radius 2 is 1.89 bits per heavy atom. The number of alkyl halides is 3. The zero-order chi connectivity index (χ0) is 24.6. The van der Waals surface area contributed by atoms with Gasteiger partial charge in [-0.25, -0.2) is 0 Å². The van der Waals surface area contributed by atoms with Gasteiger partial charge < -0.3 is 15.1 Å². The summed E-state index contributed by atoms with van der Waals surface area (Å²) in [7, 11) is 0. The van der Waals surface area contributed by atoms with E-state index in [-0.39, 0.29) is 24.9 Å². The number of benzene rings is 2. The Hall–Kier alpha value is -3.55. The fourth-order valence-corrected chi connectivity index (χ4v) is 5.10. The van der Waals surface area contributed by atoms with Gasteiger partial charge in [-0.05, 0) is 61.4 Å². The minimum atomic E-state index is -4.42. The summed E-state index contributed by atoms with van der Waals surface area (Å²) in [6.07, 6.45) is -2.50. The molecule has 5 rings (SSSR count). The second-order valence-corrected chi connectivity index (χ2v) is 9.23. The van der Waals surface area contributed by atoms with Crippen LogP contribution in [0.3, 0.4) is 0 Å². The summed E-state index contributed by atoms with van der Waals surface area (Å²) in [5, 5.41) is 2.97. The fourth-order valence-electron chi connectivity index (χ4n) is 5.10. The molecule has 1 fully saturated rings. The molecule has 3 aromatic rings. The van der Waals surface area contributed by atoms with Crippen LogP contribution in [0.25, 0.3) is 0 Å². The Morgan fingerprint density at radius 3 is 2.60 bits per heavy atom. The van der Waals surface area contributed by atoms with Crippen LogP contribution in [0.5, 0.6) is 0 Å². The van der Waals surface area contributed by atoms with E-state index in [1.165, 1.54) is 11.6 Å². The monoisotopic (exact) mass is 480 g/mol. The molecule has 0 unspecified atom stereocenters. The van der Waals surface area contributed by atoms with Gasteiger partial charge in [-0.2, -0.15) is 13.2 Å². The summed E-state index contributed by atoms with van der Waals surface area (Å²) in [5.74, 6) is -0.651. The molecular formula is C27H27F3N4O. The number of hydrogen-bond donors (Lipinski definition) is 1. The Balaban J connectivity index is 1.44. The van der Waals surface area contributed by atoms with Gasteiger partial charge in [-0.1, -0.05) is 23.8 Å². The van der Waals surface area contributed by atoms with Crippen LogP contribution >= 0.6 is 0 Å². The standard InChI is InChI=1S/C27H27F3N4O/c1-18-5-8-22(9-6-18)33-12-13-34-24-10-7-20(27(28,29)30)14-19(24)15-23(25(34)17-33)26(35)32-16-21-4-2-3-11-31-21/h2-11,14,23,25H,12-13,15-17H2,1H3,(H,32,35)/t23-,25+/m0/s1. The number of aryl methyl sites for hydroxylation is 1. The van der Waals surface area contributed by atoms with Gasteiger partial charge in [0.25, 0.3) is 0 Å². The van der Waals surface area contributed by atoms with Gasteiger partial charge in [-0.15, -0.1) is 0 Å². The Bertz CT molecular complexity index is 1200. The van der Waals surface area contributed by atoms with E-state index in [4.69, 9.17) is 0 Å². The maximum Gasteiger partial charge on any atom is 0.416 e. The Morgan fingerprint density at radius 1 is 1.09 bits per heavy atom. The van der Waals surface area contributed by atoms with Gasteiger partial charge >= 0.3 is 6.18 Å². The quantitative estimate of drug-likeness (QED) is 0.594. The molecule has 0 aliphatic carbocycles. The zero-order valence-electron chi connectivity index (χ0n) is 19.4. The van der Waals surface area contributed by atoms with Crippen molar-refractivity contribution in [2.45, 2.75) is 32.1 Å². The van der Waals surface area contributed by atoms with Crippen molar-refractivity contribution in [3.8, 4) is 0 Å². The van der Waals surface area contributed by atoms with Crippen molar-refractivity contribution in [3.63, 3.8) is 0 Å². The van der Waals surface area contributed by atoms with Crippen LogP contribution in [-0.2, 0) is 23.9 Å². The third-order valence-corrected chi connectivity index (χ3v) is 6.94. The number of carbonyl (C=O) groups excluding carboxylic acids is 1. The third kappa shape index (κ3) is 4.83. The molecule has 3 heterocycles. The lowest BCUT2D eigenvalue weighted by molar-refractivity contribution is -0.137. The van der Waals surface area contributed by atoms with E-state index in [1.807, 2.05) is 19.1 Å². The number of hydrogen-bond acceptors (Lipinski definition) is 4. The van der Waals surface area contributed by atoms with Gasteiger partial charge in [0.2, 0.25) is 5.91 Å². The molecule has 0 spiro atoms. The highest BCUT2D eigenvalue weighted by Crippen LogP contribution is 2.40. The van der Waals surface area contributed by atoms with Crippen molar-refractivity contribution in [1.82, 2.24) is 10.3 Å². The molecule has 0 bridgehead atoms. The molecule has 1 amide bonds. The van der Waals surface area contributed by atoms with Crippen LogP contribution < -0.4 is 15.1 Å². The van der Waals surface area contributed by atoms with Gasteiger partial charge in [0.05, 0.1) is 29.8 Å². The molecule has 2 aromatic carbocycles. The topological polar surface area (TPSA) is 48.5 Å². The number of piperazine rings is 1. The molecule has 1 saturated heterocycles. The molecular weight excluding hydrogens is 453 g/mol. The highest BCUT2D eigenvalue weighted by molar-refractivity contribution is 5.82. The number of aromatic nitrogens is 1. The van der Waals surface area contributed by atoms with Gasteiger partial charge in [0, 0.05) is 37.2 Å². The summed E-state index contributed by atoms with van der Waals surface area (Å²) in [5.41, 5.74) is 3.67. The molecule has 35 heavy (non-hydrogen) atoms. The second-order valence-electron chi connectivity index (χ2n) is 9.23. The van der Waals surface area contributed by atoms with Crippen molar-refractivity contribution >= 4 is 17.3 Å².